The third-order valence-electron chi connectivity index (χ3n) is 5.51. The molecule has 1 aliphatic rings. The van der Waals surface area contributed by atoms with Crippen molar-refractivity contribution in [2.45, 2.75) is 49.6 Å². The number of Topliss-reactive ketones (excluding diaryl/α,β-unsaturated/α-hetero) is 1. The number of aliphatic carboxylic acids is 1. The lowest BCUT2D eigenvalue weighted by molar-refractivity contribution is -0.133. The van der Waals surface area contributed by atoms with E-state index in [1.54, 1.807) is 24.3 Å². The monoisotopic (exact) mass is 494 g/mol. The standard InChI is InChI=1S/C24H30O5S3/c1-24(29,9-7-17-13-16-5-2-3-6-21(16)32-17)10-8-18-19(25)14-20(26)23(18)31-12-4-11-30-15-22(27)28/h2-3,5-6,8,10,13,18-19,23,25,29H,4,7,9,11-12,14-15H2,1H3,(H,27,28)/t18-,19+,23+,24?/m0/s1. The Bertz CT molecular complexity index is 919. The van der Waals surface area contributed by atoms with Crippen LogP contribution in [0, 0.1) is 5.92 Å². The van der Waals surface area contributed by atoms with E-state index in [1.807, 2.05) is 18.2 Å². The molecule has 1 aromatic carbocycles. The number of rotatable bonds is 12. The van der Waals surface area contributed by atoms with Crippen molar-refractivity contribution >= 4 is 56.7 Å². The second kappa shape index (κ2) is 11.7. The Kier molecular flexibility index (Phi) is 9.25. The fourth-order valence-electron chi connectivity index (χ4n) is 3.78. The van der Waals surface area contributed by atoms with Gasteiger partial charge in [-0.3, -0.25) is 9.59 Å². The smallest absolute Gasteiger partial charge is 0.313 e. The average molecular weight is 495 g/mol. The predicted octanol–water partition coefficient (Wildman–Crippen LogP) is 4.40. The number of hydrogen-bond acceptors (Lipinski definition) is 7. The summed E-state index contributed by atoms with van der Waals surface area (Å²) < 4.78 is 1.24. The van der Waals surface area contributed by atoms with Crippen molar-refractivity contribution in [1.29, 1.82) is 0 Å². The van der Waals surface area contributed by atoms with E-state index < -0.39 is 17.7 Å². The number of carboxylic acids is 1. The van der Waals surface area contributed by atoms with Gasteiger partial charge in [-0.05, 0) is 55.2 Å². The number of carbonyl (C=O) groups is 2. The molecule has 0 spiro atoms. The summed E-state index contributed by atoms with van der Waals surface area (Å²) in [4.78, 5) is 24.2. The van der Waals surface area contributed by atoms with Crippen LogP contribution in [0.1, 0.15) is 31.1 Å². The number of aliphatic hydroxyl groups excluding tert-OH is 1. The first-order valence-corrected chi connectivity index (χ1v) is 13.8. The van der Waals surface area contributed by atoms with Gasteiger partial charge >= 0.3 is 5.97 Å². The van der Waals surface area contributed by atoms with E-state index in [2.05, 4.69) is 18.2 Å². The summed E-state index contributed by atoms with van der Waals surface area (Å²) in [6.07, 6.45) is 5.10. The number of fused-ring (bicyclic) bond motifs is 1. The minimum absolute atomic E-state index is 0.0419. The van der Waals surface area contributed by atoms with Crippen molar-refractivity contribution in [1.82, 2.24) is 0 Å². The number of aryl methyl sites for hydroxylation is 1. The van der Waals surface area contributed by atoms with E-state index >= 15 is 0 Å². The van der Waals surface area contributed by atoms with Crippen LogP contribution in [0.5, 0.6) is 0 Å². The average Bonchev–Trinajstić information content (AvgIpc) is 3.27. The molecule has 0 bridgehead atoms. The summed E-state index contributed by atoms with van der Waals surface area (Å²) >= 11 is 4.64. The van der Waals surface area contributed by atoms with Crippen LogP contribution in [0.2, 0.25) is 0 Å². The molecule has 5 nitrogen and oxygen atoms in total. The molecule has 1 unspecified atom stereocenters. The topological polar surface area (TPSA) is 94.8 Å². The Labute approximate surface area is 201 Å². The first-order chi connectivity index (χ1) is 15.2. The molecule has 2 aromatic rings. The lowest BCUT2D eigenvalue weighted by Gasteiger charge is -2.22. The highest BCUT2D eigenvalue weighted by Crippen LogP contribution is 2.35. The Balaban J connectivity index is 1.51. The molecule has 8 heteroatoms. The van der Waals surface area contributed by atoms with Crippen LogP contribution in [-0.2, 0) is 16.0 Å². The summed E-state index contributed by atoms with van der Waals surface area (Å²) in [6, 6.07) is 10.4. The number of thioether (sulfide) groups is 2. The molecule has 1 fully saturated rings. The van der Waals surface area contributed by atoms with E-state index in [9.17, 15) is 19.8 Å². The third-order valence-corrected chi connectivity index (χ3v) is 9.17. The Morgan fingerprint density at radius 1 is 1.31 bits per heavy atom. The second-order valence-corrected chi connectivity index (χ2v) is 11.9. The molecule has 1 aromatic heterocycles. The van der Waals surface area contributed by atoms with Crippen LogP contribution in [0.15, 0.2) is 42.5 Å². The summed E-state index contributed by atoms with van der Waals surface area (Å²) in [5.41, 5.74) is -1.02. The summed E-state index contributed by atoms with van der Waals surface area (Å²) in [6.45, 7) is 1.77. The Hall–Kier alpha value is -1.32. The molecule has 3 rings (SSSR count). The first-order valence-electron chi connectivity index (χ1n) is 10.8. The Morgan fingerprint density at radius 3 is 2.84 bits per heavy atom. The molecule has 4 atom stereocenters. The predicted molar refractivity (Wildman–Crippen MR) is 135 cm³/mol. The number of carboxylic acid groups (broad SMARTS) is 1. The van der Waals surface area contributed by atoms with Gasteiger partial charge in [-0.2, -0.15) is 11.8 Å². The van der Waals surface area contributed by atoms with E-state index in [4.69, 9.17) is 5.11 Å². The van der Waals surface area contributed by atoms with Gasteiger partial charge in [-0.15, -0.1) is 23.1 Å². The van der Waals surface area contributed by atoms with Crippen LogP contribution in [0.4, 0.5) is 0 Å². The van der Waals surface area contributed by atoms with Gasteiger partial charge in [0.2, 0.25) is 0 Å². The quantitative estimate of drug-likeness (QED) is 0.297. The lowest BCUT2D eigenvalue weighted by atomic mass is 9.95. The normalized spacial score (nSPS) is 23.2. The molecule has 32 heavy (non-hydrogen) atoms. The third kappa shape index (κ3) is 7.35. The zero-order valence-corrected chi connectivity index (χ0v) is 20.6. The molecule has 0 aliphatic heterocycles. The van der Waals surface area contributed by atoms with E-state index in [0.717, 1.165) is 24.3 Å². The zero-order valence-electron chi connectivity index (χ0n) is 18.1. The van der Waals surface area contributed by atoms with Crippen molar-refractivity contribution in [3.63, 3.8) is 0 Å². The van der Waals surface area contributed by atoms with Gasteiger partial charge in [0.15, 0.2) is 0 Å². The SMILES string of the molecule is CC(O)(C=C[C@H]1[C@H](O)CC(=O)[C@@H]1SCCCSCC(=O)O)CCc1cc2ccccc2s1. The van der Waals surface area contributed by atoms with Gasteiger partial charge in [0.1, 0.15) is 5.78 Å². The van der Waals surface area contributed by atoms with Crippen molar-refractivity contribution in [2.24, 2.45) is 5.92 Å². The molecule has 1 heterocycles. The maximum atomic E-state index is 12.4. The largest absolute Gasteiger partial charge is 0.481 e. The van der Waals surface area contributed by atoms with Crippen molar-refractivity contribution in [2.75, 3.05) is 17.3 Å². The van der Waals surface area contributed by atoms with E-state index in [1.165, 1.54) is 38.5 Å². The zero-order chi connectivity index (χ0) is 23.1. The molecule has 0 amide bonds. The molecular formula is C24H30O5S3. The number of thiophene rings is 1. The van der Waals surface area contributed by atoms with Gasteiger partial charge in [0.25, 0.3) is 0 Å². The fraction of sp³-hybridized carbons (Fsp3) is 0.500. The van der Waals surface area contributed by atoms with Crippen LogP contribution in [0.25, 0.3) is 10.1 Å². The fourth-order valence-corrected chi connectivity index (χ4v) is 7.03. The van der Waals surface area contributed by atoms with Crippen LogP contribution in [-0.4, -0.2) is 61.3 Å². The van der Waals surface area contributed by atoms with Crippen LogP contribution < -0.4 is 0 Å². The van der Waals surface area contributed by atoms with Gasteiger partial charge in [-0.1, -0.05) is 30.4 Å². The summed E-state index contributed by atoms with van der Waals surface area (Å²) in [5, 5.41) is 30.8. The highest BCUT2D eigenvalue weighted by Gasteiger charge is 2.40. The summed E-state index contributed by atoms with van der Waals surface area (Å²) in [7, 11) is 0. The van der Waals surface area contributed by atoms with Gasteiger partial charge in [-0.25, -0.2) is 0 Å². The highest BCUT2D eigenvalue weighted by molar-refractivity contribution is 8.01. The maximum absolute atomic E-state index is 12.4. The first kappa shape index (κ1) is 25.3. The minimum Gasteiger partial charge on any atom is -0.481 e. The van der Waals surface area contributed by atoms with Gasteiger partial charge in [0.05, 0.1) is 22.7 Å². The van der Waals surface area contributed by atoms with Crippen molar-refractivity contribution in [3.8, 4) is 0 Å². The van der Waals surface area contributed by atoms with E-state index in [-0.39, 0.29) is 29.1 Å². The molecule has 1 saturated carbocycles. The number of hydrogen-bond donors (Lipinski definition) is 3. The molecule has 3 N–H and O–H groups in total. The molecule has 0 radical (unpaired) electrons. The lowest BCUT2D eigenvalue weighted by Crippen LogP contribution is -2.25. The van der Waals surface area contributed by atoms with E-state index in [0.29, 0.717) is 6.42 Å². The molecular weight excluding hydrogens is 464 g/mol. The van der Waals surface area contributed by atoms with Crippen molar-refractivity contribution in [3.05, 3.63) is 47.4 Å². The van der Waals surface area contributed by atoms with Crippen molar-refractivity contribution < 1.29 is 24.9 Å². The number of ketones is 1. The number of carbonyl (C=O) groups excluding carboxylic acids is 1. The molecule has 1 aliphatic carbocycles. The minimum atomic E-state index is -1.02. The van der Waals surface area contributed by atoms with Crippen LogP contribution >= 0.6 is 34.9 Å². The molecule has 174 valence electrons. The van der Waals surface area contributed by atoms with Gasteiger partial charge in [0, 0.05) is 21.9 Å². The highest BCUT2D eigenvalue weighted by atomic mass is 32.2. The Morgan fingerprint density at radius 2 is 2.09 bits per heavy atom. The van der Waals surface area contributed by atoms with Crippen LogP contribution in [0.3, 0.4) is 0 Å². The van der Waals surface area contributed by atoms with Gasteiger partial charge < -0.3 is 15.3 Å². The molecule has 0 saturated heterocycles. The summed E-state index contributed by atoms with van der Waals surface area (Å²) in [5.74, 6) is 0.475. The number of aliphatic hydroxyl groups is 2. The number of benzene rings is 1. The second-order valence-electron chi connectivity index (χ2n) is 8.37. The maximum Gasteiger partial charge on any atom is 0.313 e.